The first-order chi connectivity index (χ1) is 11.4. The molecule has 0 heterocycles. The highest BCUT2D eigenvalue weighted by molar-refractivity contribution is 5.78. The number of hydrogen-bond donors (Lipinski definition) is 0. The molecule has 1 aliphatic rings. The van der Waals surface area contributed by atoms with Crippen LogP contribution in [0.15, 0.2) is 24.3 Å². The third kappa shape index (κ3) is 5.52. The first-order valence-corrected chi connectivity index (χ1v) is 9.05. The monoisotopic (exact) mass is 334 g/mol. The van der Waals surface area contributed by atoms with Crippen molar-refractivity contribution in [1.82, 2.24) is 0 Å². The lowest BCUT2D eigenvalue weighted by Gasteiger charge is -2.26. The van der Waals surface area contributed by atoms with Gasteiger partial charge in [-0.15, -0.1) is 0 Å². The van der Waals surface area contributed by atoms with Crippen LogP contribution in [0.2, 0.25) is 0 Å². The summed E-state index contributed by atoms with van der Waals surface area (Å²) in [5, 5.41) is 0. The highest BCUT2D eigenvalue weighted by Gasteiger charge is 2.27. The molecule has 0 bridgehead atoms. The molecule has 4 nitrogen and oxygen atoms in total. The van der Waals surface area contributed by atoms with Crippen LogP contribution in [0.25, 0.3) is 0 Å². The lowest BCUT2D eigenvalue weighted by Crippen LogP contribution is -2.28. The van der Waals surface area contributed by atoms with Gasteiger partial charge in [-0.2, -0.15) is 0 Å². The van der Waals surface area contributed by atoms with Gasteiger partial charge in [0.15, 0.2) is 6.29 Å². The van der Waals surface area contributed by atoms with Crippen LogP contribution in [0.4, 0.5) is 0 Å². The van der Waals surface area contributed by atoms with Crippen LogP contribution in [0.3, 0.4) is 0 Å². The highest BCUT2D eigenvalue weighted by Crippen LogP contribution is 2.26. The molecule has 0 N–H and O–H groups in total. The number of benzene rings is 1. The zero-order valence-corrected chi connectivity index (χ0v) is 15.3. The summed E-state index contributed by atoms with van der Waals surface area (Å²) in [6.07, 6.45) is 6.81. The van der Waals surface area contributed by atoms with Crippen molar-refractivity contribution in [3.05, 3.63) is 24.3 Å². The number of hydrogen-bond acceptors (Lipinski definition) is 4. The molecule has 0 spiro atoms. The smallest absolute Gasteiger partial charge is 0.316 e. The minimum atomic E-state index is -0.475. The molecule has 0 amide bonds. The summed E-state index contributed by atoms with van der Waals surface area (Å²) in [5.74, 6) is 1.04. The van der Waals surface area contributed by atoms with Gasteiger partial charge in [0.25, 0.3) is 0 Å². The van der Waals surface area contributed by atoms with Crippen LogP contribution in [0, 0.1) is 5.41 Å². The van der Waals surface area contributed by atoms with E-state index in [0.29, 0.717) is 17.6 Å². The summed E-state index contributed by atoms with van der Waals surface area (Å²) >= 11 is 0. The van der Waals surface area contributed by atoms with E-state index in [4.69, 9.17) is 14.2 Å². The Balaban J connectivity index is 1.84. The third-order valence-corrected chi connectivity index (χ3v) is 4.71. The molecule has 4 heteroatoms. The number of ether oxygens (including phenoxy) is 3. The predicted molar refractivity (Wildman–Crippen MR) is 94.2 cm³/mol. The predicted octanol–water partition coefficient (Wildman–Crippen LogP) is 5.10. The molecule has 1 aromatic rings. The fourth-order valence-corrected chi connectivity index (χ4v) is 2.67. The second-order valence-electron chi connectivity index (χ2n) is 7.18. The zero-order chi connectivity index (χ0) is 17.6. The fourth-order valence-electron chi connectivity index (χ4n) is 2.67. The molecular formula is C20H30O4. The molecule has 1 atom stereocenters. The van der Waals surface area contributed by atoms with E-state index in [-0.39, 0.29) is 12.3 Å². The third-order valence-electron chi connectivity index (χ3n) is 4.71. The number of carbonyl (C=O) groups excluding carboxylic acids is 1. The van der Waals surface area contributed by atoms with Gasteiger partial charge in [-0.05, 0) is 64.3 Å². The standard InChI is InChI=1S/C20H30O4/c1-5-20(3,4)19(21)24-18-13-11-17(12-14-18)23-15(2)22-16-9-7-6-8-10-16/h11-16H,5-10H2,1-4H3. The quantitative estimate of drug-likeness (QED) is 0.395. The van der Waals surface area contributed by atoms with Crippen LogP contribution in [-0.4, -0.2) is 18.4 Å². The molecule has 1 saturated carbocycles. The van der Waals surface area contributed by atoms with Crippen molar-refractivity contribution in [3.63, 3.8) is 0 Å². The topological polar surface area (TPSA) is 44.8 Å². The Morgan fingerprint density at radius 3 is 2.29 bits per heavy atom. The SMILES string of the molecule is CCC(C)(C)C(=O)Oc1ccc(OC(C)OC2CCCCC2)cc1. The lowest BCUT2D eigenvalue weighted by atomic mass is 9.91. The fraction of sp³-hybridized carbons (Fsp3) is 0.650. The van der Waals surface area contributed by atoms with Gasteiger partial charge >= 0.3 is 5.97 Å². The Kier molecular flexibility index (Phi) is 6.67. The van der Waals surface area contributed by atoms with E-state index >= 15 is 0 Å². The van der Waals surface area contributed by atoms with E-state index in [1.165, 1.54) is 19.3 Å². The van der Waals surface area contributed by atoms with Gasteiger partial charge in [-0.1, -0.05) is 26.2 Å². The normalized spacial score (nSPS) is 17.3. The molecule has 0 aliphatic heterocycles. The summed E-state index contributed by atoms with van der Waals surface area (Å²) in [5.41, 5.74) is -0.475. The highest BCUT2D eigenvalue weighted by atomic mass is 16.7. The summed E-state index contributed by atoms with van der Waals surface area (Å²) < 4.78 is 17.2. The van der Waals surface area contributed by atoms with E-state index in [1.54, 1.807) is 12.1 Å². The van der Waals surface area contributed by atoms with E-state index in [1.807, 2.05) is 39.8 Å². The van der Waals surface area contributed by atoms with Crippen LogP contribution >= 0.6 is 0 Å². The summed E-state index contributed by atoms with van der Waals surface area (Å²) in [6.45, 7) is 7.67. The summed E-state index contributed by atoms with van der Waals surface area (Å²) in [7, 11) is 0. The molecule has 1 aromatic carbocycles. The Morgan fingerprint density at radius 2 is 1.71 bits per heavy atom. The molecule has 1 fully saturated rings. The molecule has 24 heavy (non-hydrogen) atoms. The van der Waals surface area contributed by atoms with Crippen LogP contribution in [0.5, 0.6) is 11.5 Å². The van der Waals surface area contributed by atoms with Crippen molar-refractivity contribution in [3.8, 4) is 11.5 Å². The summed E-state index contributed by atoms with van der Waals surface area (Å²) in [6, 6.07) is 7.13. The maximum atomic E-state index is 12.1. The maximum Gasteiger partial charge on any atom is 0.316 e. The molecule has 1 unspecified atom stereocenters. The first kappa shape index (κ1) is 18.8. The Hall–Kier alpha value is -1.55. The van der Waals surface area contributed by atoms with E-state index in [0.717, 1.165) is 19.3 Å². The first-order valence-electron chi connectivity index (χ1n) is 9.05. The van der Waals surface area contributed by atoms with Crippen LogP contribution in [-0.2, 0) is 9.53 Å². The Labute approximate surface area is 145 Å². The maximum absolute atomic E-state index is 12.1. The molecule has 0 saturated heterocycles. The second kappa shape index (κ2) is 8.52. The number of rotatable bonds is 7. The molecule has 0 radical (unpaired) electrons. The minimum Gasteiger partial charge on any atom is -0.465 e. The van der Waals surface area contributed by atoms with Crippen molar-refractivity contribution in [1.29, 1.82) is 0 Å². The summed E-state index contributed by atoms with van der Waals surface area (Å²) in [4.78, 5) is 12.1. The van der Waals surface area contributed by atoms with Gasteiger partial charge in [0, 0.05) is 0 Å². The van der Waals surface area contributed by atoms with Crippen molar-refractivity contribution in [2.45, 2.75) is 78.6 Å². The van der Waals surface area contributed by atoms with Gasteiger partial charge in [-0.3, -0.25) is 4.79 Å². The minimum absolute atomic E-state index is 0.215. The van der Waals surface area contributed by atoms with Gasteiger partial charge in [0.1, 0.15) is 11.5 Å². The molecule has 0 aromatic heterocycles. The molecular weight excluding hydrogens is 304 g/mol. The van der Waals surface area contributed by atoms with Crippen LogP contribution < -0.4 is 9.47 Å². The van der Waals surface area contributed by atoms with Crippen molar-refractivity contribution < 1.29 is 19.0 Å². The van der Waals surface area contributed by atoms with Crippen molar-refractivity contribution in [2.24, 2.45) is 5.41 Å². The van der Waals surface area contributed by atoms with Gasteiger partial charge < -0.3 is 14.2 Å². The van der Waals surface area contributed by atoms with Gasteiger partial charge in [0.05, 0.1) is 11.5 Å². The van der Waals surface area contributed by atoms with Crippen LogP contribution in [0.1, 0.15) is 66.2 Å². The molecule has 134 valence electrons. The van der Waals surface area contributed by atoms with E-state index in [2.05, 4.69) is 0 Å². The Bertz CT molecular complexity index is 515. The average Bonchev–Trinajstić information content (AvgIpc) is 2.57. The van der Waals surface area contributed by atoms with Gasteiger partial charge in [-0.25, -0.2) is 0 Å². The largest absolute Gasteiger partial charge is 0.465 e. The zero-order valence-electron chi connectivity index (χ0n) is 15.3. The van der Waals surface area contributed by atoms with E-state index in [9.17, 15) is 4.79 Å². The number of carbonyl (C=O) groups is 1. The van der Waals surface area contributed by atoms with Crippen molar-refractivity contribution in [2.75, 3.05) is 0 Å². The lowest BCUT2D eigenvalue weighted by molar-refractivity contribution is -0.144. The molecule has 2 rings (SSSR count). The molecule has 1 aliphatic carbocycles. The van der Waals surface area contributed by atoms with Gasteiger partial charge in [0.2, 0.25) is 0 Å². The van der Waals surface area contributed by atoms with E-state index < -0.39 is 5.41 Å². The number of esters is 1. The Morgan fingerprint density at radius 1 is 1.12 bits per heavy atom. The average molecular weight is 334 g/mol. The van der Waals surface area contributed by atoms with Crippen molar-refractivity contribution >= 4 is 5.97 Å². The second-order valence-corrected chi connectivity index (χ2v) is 7.18.